The average Bonchev–Trinajstić information content (AvgIpc) is 1.93. The molecule has 4 nitrogen and oxygen atoms in total. The lowest BCUT2D eigenvalue weighted by molar-refractivity contribution is 0.254. The molecule has 0 bridgehead atoms. The van der Waals surface area contributed by atoms with Crippen molar-refractivity contribution in [1.29, 1.82) is 0 Å². The van der Waals surface area contributed by atoms with Crippen LogP contribution in [-0.4, -0.2) is 27.3 Å². The molecule has 0 aromatic heterocycles. The molecule has 14 heavy (non-hydrogen) atoms. The molecule has 0 aliphatic rings. The molecule has 0 amide bonds. The molecule has 86 valence electrons. The summed E-state index contributed by atoms with van der Waals surface area (Å²) in [6, 6.07) is 0. The van der Waals surface area contributed by atoms with Gasteiger partial charge in [0.1, 0.15) is 0 Å². The molecule has 0 rings (SSSR count). The first-order chi connectivity index (χ1) is 6.13. The van der Waals surface area contributed by atoms with E-state index in [-0.39, 0.29) is 11.2 Å². The highest BCUT2D eigenvalue weighted by Gasteiger charge is 2.19. The zero-order valence-electron chi connectivity index (χ0n) is 9.50. The third-order valence-electron chi connectivity index (χ3n) is 2.49. The number of nitrogens with one attached hydrogen (secondary N) is 1. The number of hydrogen-bond acceptors (Lipinski definition) is 3. The second-order valence-corrected chi connectivity index (χ2v) is 6.57. The van der Waals surface area contributed by atoms with Crippen LogP contribution in [0.5, 0.6) is 0 Å². The zero-order chi connectivity index (χ0) is 11.4. The van der Waals surface area contributed by atoms with Gasteiger partial charge in [-0.2, -0.15) is 0 Å². The Balaban J connectivity index is 3.66. The molecule has 0 saturated heterocycles. The molecule has 0 spiro atoms. The highest BCUT2D eigenvalue weighted by atomic mass is 32.2. The Hall–Kier alpha value is -0.130. The molecule has 0 aliphatic carbocycles. The van der Waals surface area contributed by atoms with Crippen LogP contribution in [0.15, 0.2) is 0 Å². The number of hydrogen-bond donors (Lipinski definition) is 2. The normalized spacial score (nSPS) is 15.5. The maximum absolute atomic E-state index is 10.6. The lowest BCUT2D eigenvalue weighted by Gasteiger charge is -2.27. The van der Waals surface area contributed by atoms with Crippen LogP contribution in [0.1, 0.15) is 27.7 Å². The topological polar surface area (TPSA) is 72.2 Å². The highest BCUT2D eigenvalue weighted by molar-refractivity contribution is 7.89. The average molecular weight is 222 g/mol. The summed E-state index contributed by atoms with van der Waals surface area (Å²) in [6.45, 7) is 9.89. The van der Waals surface area contributed by atoms with Gasteiger partial charge in [0.15, 0.2) is 0 Å². The van der Waals surface area contributed by atoms with Crippen molar-refractivity contribution in [3.63, 3.8) is 0 Å². The summed E-state index contributed by atoms with van der Waals surface area (Å²) in [5.74, 6) is 0.507. The second-order valence-electron chi connectivity index (χ2n) is 4.84. The predicted molar refractivity (Wildman–Crippen MR) is 59.5 cm³/mol. The summed E-state index contributed by atoms with van der Waals surface area (Å²) < 4.78 is 21.2. The van der Waals surface area contributed by atoms with Crippen molar-refractivity contribution in [3.05, 3.63) is 0 Å². The largest absolute Gasteiger partial charge is 0.315 e. The van der Waals surface area contributed by atoms with E-state index in [9.17, 15) is 8.42 Å². The van der Waals surface area contributed by atoms with Gasteiger partial charge in [0.2, 0.25) is 10.0 Å². The minimum absolute atomic E-state index is 0.00383. The van der Waals surface area contributed by atoms with Crippen molar-refractivity contribution in [2.75, 3.05) is 18.8 Å². The van der Waals surface area contributed by atoms with Crippen LogP contribution in [0.4, 0.5) is 0 Å². The lowest BCUT2D eigenvalue weighted by Crippen LogP contribution is -2.33. The predicted octanol–water partition coefficient (Wildman–Crippen LogP) is 0.547. The maximum atomic E-state index is 10.6. The summed E-state index contributed by atoms with van der Waals surface area (Å²) in [5, 5.41) is 7.96. The molecule has 0 saturated carbocycles. The summed E-state index contributed by atoms with van der Waals surface area (Å²) in [5.41, 5.74) is 0.245. The van der Waals surface area contributed by atoms with Crippen molar-refractivity contribution < 1.29 is 8.42 Å². The fourth-order valence-corrected chi connectivity index (χ4v) is 1.27. The Morgan fingerprint density at radius 1 is 1.36 bits per heavy atom. The minimum Gasteiger partial charge on any atom is -0.315 e. The Morgan fingerprint density at radius 3 is 2.21 bits per heavy atom. The zero-order valence-corrected chi connectivity index (χ0v) is 10.3. The first kappa shape index (κ1) is 13.9. The number of primary sulfonamides is 1. The molecule has 0 heterocycles. The Morgan fingerprint density at radius 2 is 1.86 bits per heavy atom. The maximum Gasteiger partial charge on any atom is 0.210 e. The third kappa shape index (κ3) is 7.29. The molecular weight excluding hydrogens is 200 g/mol. The van der Waals surface area contributed by atoms with Crippen LogP contribution >= 0.6 is 0 Å². The molecule has 3 N–H and O–H groups in total. The third-order valence-corrected chi connectivity index (χ3v) is 3.27. The van der Waals surface area contributed by atoms with E-state index in [1.54, 1.807) is 0 Å². The number of sulfonamides is 1. The molecule has 5 heteroatoms. The molecule has 1 atom stereocenters. The number of rotatable bonds is 5. The van der Waals surface area contributed by atoms with Gasteiger partial charge in [0.25, 0.3) is 0 Å². The first-order valence-corrected chi connectivity index (χ1v) is 6.55. The Bertz CT molecular complexity index is 254. The first-order valence-electron chi connectivity index (χ1n) is 4.84. The van der Waals surface area contributed by atoms with Crippen LogP contribution < -0.4 is 10.5 Å². The van der Waals surface area contributed by atoms with E-state index in [2.05, 4.69) is 33.0 Å². The second kappa shape index (κ2) is 5.09. The van der Waals surface area contributed by atoms with Crippen LogP contribution in [0.3, 0.4) is 0 Å². The Kier molecular flexibility index (Phi) is 5.05. The van der Waals surface area contributed by atoms with Gasteiger partial charge < -0.3 is 5.32 Å². The van der Waals surface area contributed by atoms with Crippen LogP contribution in [0.25, 0.3) is 0 Å². The summed E-state index contributed by atoms with van der Waals surface area (Å²) in [6.07, 6.45) is 0. The fraction of sp³-hybridized carbons (Fsp3) is 1.00. The van der Waals surface area contributed by atoms with Crippen LogP contribution in [0.2, 0.25) is 0 Å². The quantitative estimate of drug-likeness (QED) is 0.667. The van der Waals surface area contributed by atoms with Gasteiger partial charge >= 0.3 is 0 Å². The number of nitrogens with two attached hydrogens (primary N) is 1. The standard InChI is InChI=1S/C9H22N2O2S/c1-8(9(2,3)4)7-11-5-6-14(10,12)13/h8,11H,5-7H2,1-4H3,(H2,10,12,13). The van der Waals surface area contributed by atoms with Crippen LogP contribution in [-0.2, 0) is 10.0 Å². The summed E-state index contributed by atoms with van der Waals surface area (Å²) in [4.78, 5) is 0. The smallest absolute Gasteiger partial charge is 0.210 e. The molecule has 0 radical (unpaired) electrons. The lowest BCUT2D eigenvalue weighted by atomic mass is 9.82. The summed E-state index contributed by atoms with van der Waals surface area (Å²) >= 11 is 0. The van der Waals surface area contributed by atoms with E-state index in [1.807, 2.05) is 0 Å². The van der Waals surface area contributed by atoms with Gasteiger partial charge in [0, 0.05) is 6.54 Å². The van der Waals surface area contributed by atoms with Gasteiger partial charge in [-0.15, -0.1) is 0 Å². The highest BCUT2D eigenvalue weighted by Crippen LogP contribution is 2.24. The minimum atomic E-state index is -3.32. The molecule has 0 aliphatic heterocycles. The molecular formula is C9H22N2O2S. The fourth-order valence-electron chi connectivity index (χ4n) is 0.839. The van der Waals surface area contributed by atoms with Gasteiger partial charge in [-0.1, -0.05) is 27.7 Å². The van der Waals surface area contributed by atoms with Crippen molar-refractivity contribution in [2.45, 2.75) is 27.7 Å². The molecule has 0 fully saturated rings. The van der Waals surface area contributed by atoms with Crippen molar-refractivity contribution in [3.8, 4) is 0 Å². The van der Waals surface area contributed by atoms with Gasteiger partial charge in [-0.25, -0.2) is 13.6 Å². The Labute approximate surface area is 87.3 Å². The van der Waals surface area contributed by atoms with Gasteiger partial charge in [-0.3, -0.25) is 0 Å². The van der Waals surface area contributed by atoms with Gasteiger partial charge in [0.05, 0.1) is 5.75 Å². The molecule has 1 unspecified atom stereocenters. The molecule has 0 aromatic carbocycles. The van der Waals surface area contributed by atoms with E-state index < -0.39 is 10.0 Å². The monoisotopic (exact) mass is 222 g/mol. The SMILES string of the molecule is CC(CNCCS(N)(=O)=O)C(C)(C)C. The van der Waals surface area contributed by atoms with Crippen molar-refractivity contribution >= 4 is 10.0 Å². The van der Waals surface area contributed by atoms with E-state index in [1.165, 1.54) is 0 Å². The van der Waals surface area contributed by atoms with E-state index in [0.717, 1.165) is 6.54 Å². The van der Waals surface area contributed by atoms with Crippen LogP contribution in [0, 0.1) is 11.3 Å². The van der Waals surface area contributed by atoms with Crippen molar-refractivity contribution in [1.82, 2.24) is 5.32 Å². The van der Waals surface area contributed by atoms with E-state index >= 15 is 0 Å². The molecule has 0 aromatic rings. The van der Waals surface area contributed by atoms with E-state index in [0.29, 0.717) is 12.5 Å². The van der Waals surface area contributed by atoms with E-state index in [4.69, 9.17) is 5.14 Å². The van der Waals surface area contributed by atoms with Gasteiger partial charge in [-0.05, 0) is 17.9 Å². The summed E-state index contributed by atoms with van der Waals surface area (Å²) in [7, 11) is -3.32. The van der Waals surface area contributed by atoms with Crippen molar-refractivity contribution in [2.24, 2.45) is 16.5 Å².